The number of alkyl halides is 1. The summed E-state index contributed by atoms with van der Waals surface area (Å²) in [6.45, 7) is 2.88. The molecule has 0 bridgehead atoms. The number of rotatable bonds is 2. The molecule has 2 rings (SSSR count). The zero-order valence-corrected chi connectivity index (χ0v) is 14.3. The Balaban J connectivity index is 2.32. The summed E-state index contributed by atoms with van der Waals surface area (Å²) < 4.78 is 40.5. The zero-order chi connectivity index (χ0) is 14.2. The SMILES string of the molecule is CC1CCN(S(=O)(=O)c2ccc(Br)cc2F)CC1Br. The van der Waals surface area contributed by atoms with Crippen LogP contribution >= 0.6 is 31.9 Å². The first-order valence-corrected chi connectivity index (χ1v) is 9.06. The molecule has 1 aliphatic heterocycles. The van der Waals surface area contributed by atoms with E-state index in [1.807, 2.05) is 0 Å². The van der Waals surface area contributed by atoms with Crippen molar-refractivity contribution in [3.05, 3.63) is 28.5 Å². The number of halogens is 3. The highest BCUT2D eigenvalue weighted by molar-refractivity contribution is 9.10. The molecule has 7 heteroatoms. The van der Waals surface area contributed by atoms with Crippen molar-refractivity contribution in [2.75, 3.05) is 13.1 Å². The van der Waals surface area contributed by atoms with Gasteiger partial charge in [0.2, 0.25) is 10.0 Å². The van der Waals surface area contributed by atoms with E-state index in [0.717, 1.165) is 6.42 Å². The first-order chi connectivity index (χ1) is 8.82. The molecule has 2 atom stereocenters. The lowest BCUT2D eigenvalue weighted by Crippen LogP contribution is -2.43. The summed E-state index contributed by atoms with van der Waals surface area (Å²) in [7, 11) is -3.76. The van der Waals surface area contributed by atoms with Crippen LogP contribution in [0.15, 0.2) is 27.6 Å². The Labute approximate surface area is 129 Å². The van der Waals surface area contributed by atoms with Crippen LogP contribution < -0.4 is 0 Å². The van der Waals surface area contributed by atoms with Gasteiger partial charge in [-0.3, -0.25) is 0 Å². The summed E-state index contributed by atoms with van der Waals surface area (Å²) in [4.78, 5) is -0.153. The number of nitrogens with zero attached hydrogens (tertiary/aromatic N) is 1. The molecule has 2 unspecified atom stereocenters. The van der Waals surface area contributed by atoms with E-state index >= 15 is 0 Å². The Morgan fingerprint density at radius 1 is 1.42 bits per heavy atom. The Bertz CT molecular complexity index is 579. The molecule has 1 heterocycles. The third kappa shape index (κ3) is 3.20. The lowest BCUT2D eigenvalue weighted by molar-refractivity contribution is 0.299. The topological polar surface area (TPSA) is 37.4 Å². The van der Waals surface area contributed by atoms with E-state index in [2.05, 4.69) is 38.8 Å². The van der Waals surface area contributed by atoms with Crippen molar-refractivity contribution in [3.8, 4) is 0 Å². The minimum Gasteiger partial charge on any atom is -0.207 e. The van der Waals surface area contributed by atoms with Gasteiger partial charge in [-0.15, -0.1) is 0 Å². The minimum atomic E-state index is -3.76. The standard InChI is InChI=1S/C12H14Br2FNO2S/c1-8-4-5-16(7-10(8)14)19(17,18)12-3-2-9(13)6-11(12)15/h2-3,6,8,10H,4-5,7H2,1H3. The average molecular weight is 415 g/mol. The second-order valence-corrected chi connectivity index (χ2v) is 8.72. The molecule has 19 heavy (non-hydrogen) atoms. The molecule has 0 spiro atoms. The van der Waals surface area contributed by atoms with Crippen LogP contribution in [0.4, 0.5) is 4.39 Å². The number of sulfonamides is 1. The molecule has 1 aliphatic rings. The molecule has 0 radical (unpaired) electrons. The van der Waals surface area contributed by atoms with Crippen LogP contribution in [-0.4, -0.2) is 30.6 Å². The fraction of sp³-hybridized carbons (Fsp3) is 0.500. The van der Waals surface area contributed by atoms with E-state index in [4.69, 9.17) is 0 Å². The molecule has 3 nitrogen and oxygen atoms in total. The van der Waals surface area contributed by atoms with Crippen molar-refractivity contribution in [3.63, 3.8) is 0 Å². The lowest BCUT2D eigenvalue weighted by Gasteiger charge is -2.33. The first kappa shape index (κ1) is 15.4. The summed E-state index contributed by atoms with van der Waals surface area (Å²) >= 11 is 6.60. The van der Waals surface area contributed by atoms with Gasteiger partial charge in [-0.1, -0.05) is 38.8 Å². The van der Waals surface area contributed by atoms with Crippen LogP contribution in [0.1, 0.15) is 13.3 Å². The van der Waals surface area contributed by atoms with Gasteiger partial charge in [0.25, 0.3) is 0 Å². The van der Waals surface area contributed by atoms with Crippen LogP contribution in [0, 0.1) is 11.7 Å². The Kier molecular flexibility index (Phi) is 4.70. The van der Waals surface area contributed by atoms with Gasteiger partial charge in [-0.2, -0.15) is 4.31 Å². The van der Waals surface area contributed by atoms with Crippen LogP contribution in [0.5, 0.6) is 0 Å². The first-order valence-electron chi connectivity index (χ1n) is 5.91. The maximum absolute atomic E-state index is 13.8. The van der Waals surface area contributed by atoms with Crippen LogP contribution in [-0.2, 0) is 10.0 Å². The predicted molar refractivity (Wildman–Crippen MR) is 79.4 cm³/mol. The Morgan fingerprint density at radius 2 is 2.11 bits per heavy atom. The van der Waals surface area contributed by atoms with Gasteiger partial charge in [-0.25, -0.2) is 12.8 Å². The van der Waals surface area contributed by atoms with E-state index in [9.17, 15) is 12.8 Å². The van der Waals surface area contributed by atoms with Crippen molar-refractivity contribution >= 4 is 41.9 Å². The van der Waals surface area contributed by atoms with Crippen molar-refractivity contribution in [1.29, 1.82) is 0 Å². The smallest absolute Gasteiger partial charge is 0.207 e. The number of hydrogen-bond donors (Lipinski definition) is 0. The van der Waals surface area contributed by atoms with Crippen molar-refractivity contribution < 1.29 is 12.8 Å². The van der Waals surface area contributed by atoms with Gasteiger partial charge in [0.1, 0.15) is 10.7 Å². The average Bonchev–Trinajstić information content (AvgIpc) is 2.32. The van der Waals surface area contributed by atoms with E-state index in [1.165, 1.54) is 22.5 Å². The summed E-state index contributed by atoms with van der Waals surface area (Å²) in [6.07, 6.45) is 0.771. The van der Waals surface area contributed by atoms with E-state index in [0.29, 0.717) is 23.5 Å². The molecule has 0 N–H and O–H groups in total. The second-order valence-electron chi connectivity index (χ2n) is 4.72. The molecule has 106 valence electrons. The van der Waals surface area contributed by atoms with Gasteiger partial charge in [0, 0.05) is 22.4 Å². The number of hydrogen-bond acceptors (Lipinski definition) is 2. The highest BCUT2D eigenvalue weighted by Crippen LogP contribution is 2.29. The fourth-order valence-electron chi connectivity index (χ4n) is 2.04. The monoisotopic (exact) mass is 413 g/mol. The van der Waals surface area contributed by atoms with Gasteiger partial charge < -0.3 is 0 Å². The van der Waals surface area contributed by atoms with Gasteiger partial charge >= 0.3 is 0 Å². The van der Waals surface area contributed by atoms with Crippen molar-refractivity contribution in [2.24, 2.45) is 5.92 Å². The van der Waals surface area contributed by atoms with Crippen LogP contribution in [0.25, 0.3) is 0 Å². The van der Waals surface area contributed by atoms with E-state index in [-0.39, 0.29) is 9.72 Å². The maximum Gasteiger partial charge on any atom is 0.246 e. The van der Waals surface area contributed by atoms with Gasteiger partial charge in [-0.05, 0) is 30.5 Å². The van der Waals surface area contributed by atoms with E-state index < -0.39 is 15.8 Å². The van der Waals surface area contributed by atoms with E-state index in [1.54, 1.807) is 0 Å². The third-order valence-corrected chi connectivity index (χ3v) is 6.92. The largest absolute Gasteiger partial charge is 0.246 e. The molecule has 0 aliphatic carbocycles. The maximum atomic E-state index is 13.8. The van der Waals surface area contributed by atoms with Crippen molar-refractivity contribution in [1.82, 2.24) is 4.31 Å². The fourth-order valence-corrected chi connectivity index (χ4v) is 4.70. The summed E-state index contributed by atoms with van der Waals surface area (Å²) in [5.74, 6) is -0.305. The molecular formula is C12H14Br2FNO2S. The second kappa shape index (κ2) is 5.79. The number of benzene rings is 1. The van der Waals surface area contributed by atoms with Gasteiger partial charge in [0.15, 0.2) is 0 Å². The van der Waals surface area contributed by atoms with Gasteiger partial charge in [0.05, 0.1) is 0 Å². The summed E-state index contributed by atoms with van der Waals surface area (Å²) in [6, 6.07) is 4.01. The molecule has 0 saturated carbocycles. The quantitative estimate of drug-likeness (QED) is 0.695. The highest BCUT2D eigenvalue weighted by atomic mass is 79.9. The molecule has 0 aromatic heterocycles. The summed E-state index contributed by atoms with van der Waals surface area (Å²) in [5.41, 5.74) is 0. The number of piperidine rings is 1. The van der Waals surface area contributed by atoms with Crippen LogP contribution in [0.2, 0.25) is 0 Å². The zero-order valence-electron chi connectivity index (χ0n) is 10.3. The summed E-state index contributed by atoms with van der Waals surface area (Å²) in [5, 5.41) is 0. The Morgan fingerprint density at radius 3 is 2.68 bits per heavy atom. The highest BCUT2D eigenvalue weighted by Gasteiger charge is 2.33. The predicted octanol–water partition coefficient (Wildman–Crippen LogP) is 3.38. The normalized spacial score (nSPS) is 25.5. The third-order valence-electron chi connectivity index (χ3n) is 3.34. The molecule has 1 aromatic rings. The van der Waals surface area contributed by atoms with Crippen LogP contribution in [0.3, 0.4) is 0 Å². The molecule has 1 saturated heterocycles. The molecule has 0 amide bonds. The minimum absolute atomic E-state index is 0.106. The Hall–Kier alpha value is 0.0200. The molecule has 1 aromatic carbocycles. The van der Waals surface area contributed by atoms with Crippen molar-refractivity contribution in [2.45, 2.75) is 23.1 Å². The molecule has 1 fully saturated rings. The molecular weight excluding hydrogens is 401 g/mol. The lowest BCUT2D eigenvalue weighted by atomic mass is 10.0.